The van der Waals surface area contributed by atoms with E-state index >= 15 is 0 Å². The van der Waals surface area contributed by atoms with Gasteiger partial charge in [0.1, 0.15) is 17.2 Å². The third-order valence-corrected chi connectivity index (χ3v) is 3.90. The molecule has 1 aromatic carbocycles. The Morgan fingerprint density at radius 2 is 2.08 bits per heavy atom. The molecule has 1 aliphatic heterocycles. The Morgan fingerprint density at radius 1 is 1.29 bits per heavy atom. The average molecular weight is 350 g/mol. The van der Waals surface area contributed by atoms with Gasteiger partial charge >= 0.3 is 0 Å². The lowest BCUT2D eigenvalue weighted by Gasteiger charge is -2.13. The zero-order valence-corrected chi connectivity index (χ0v) is 14.9. The highest BCUT2D eigenvalue weighted by Crippen LogP contribution is 2.27. The lowest BCUT2D eigenvalue weighted by atomic mass is 10.1. The summed E-state index contributed by atoms with van der Waals surface area (Å²) in [5.41, 5.74) is 1.20. The predicted octanol–water partition coefficient (Wildman–Crippen LogP) is 2.19. The number of hydrogen-bond acceptors (Lipinski definition) is 5. The molecule has 1 N–H and O–H groups in total. The fraction of sp³-hybridized carbons (Fsp3) is 0.412. The molecule has 7 heteroatoms. The van der Waals surface area contributed by atoms with E-state index in [1.807, 2.05) is 19.1 Å². The second kappa shape index (κ2) is 8.65. The SMILES string of the molecule is CCOCCCN1C(=O)/C(=C\c2ccc(OC)cc2OC)NC1=S. The molecule has 0 saturated carbocycles. The minimum Gasteiger partial charge on any atom is -0.497 e. The monoisotopic (exact) mass is 350 g/mol. The van der Waals surface area contributed by atoms with E-state index in [0.29, 0.717) is 42.1 Å². The minimum absolute atomic E-state index is 0.144. The van der Waals surface area contributed by atoms with Crippen LogP contribution >= 0.6 is 12.2 Å². The fourth-order valence-electron chi connectivity index (χ4n) is 2.34. The van der Waals surface area contributed by atoms with Gasteiger partial charge in [0, 0.05) is 31.4 Å². The maximum Gasteiger partial charge on any atom is 0.276 e. The molecule has 0 radical (unpaired) electrons. The van der Waals surface area contributed by atoms with Crippen LogP contribution in [0.25, 0.3) is 6.08 Å². The minimum atomic E-state index is -0.144. The van der Waals surface area contributed by atoms with Crippen LogP contribution in [0.5, 0.6) is 11.5 Å². The van der Waals surface area contributed by atoms with Crippen LogP contribution in [0.3, 0.4) is 0 Å². The van der Waals surface area contributed by atoms with E-state index in [4.69, 9.17) is 26.4 Å². The van der Waals surface area contributed by atoms with Crippen LogP contribution in [0.15, 0.2) is 23.9 Å². The highest BCUT2D eigenvalue weighted by Gasteiger charge is 2.30. The van der Waals surface area contributed by atoms with E-state index in [2.05, 4.69) is 5.32 Å². The van der Waals surface area contributed by atoms with Gasteiger partial charge in [-0.05, 0) is 43.8 Å². The zero-order chi connectivity index (χ0) is 17.5. The van der Waals surface area contributed by atoms with Crippen molar-refractivity contribution in [3.63, 3.8) is 0 Å². The van der Waals surface area contributed by atoms with Crippen LogP contribution < -0.4 is 14.8 Å². The molecular formula is C17H22N2O4S. The van der Waals surface area contributed by atoms with Gasteiger partial charge in [-0.1, -0.05) is 0 Å². The van der Waals surface area contributed by atoms with Gasteiger partial charge in [-0.15, -0.1) is 0 Å². The summed E-state index contributed by atoms with van der Waals surface area (Å²) >= 11 is 5.25. The van der Waals surface area contributed by atoms with Crippen LogP contribution in [0.4, 0.5) is 0 Å². The van der Waals surface area contributed by atoms with E-state index in [-0.39, 0.29) is 5.91 Å². The van der Waals surface area contributed by atoms with Gasteiger partial charge in [0.05, 0.1) is 14.2 Å². The van der Waals surface area contributed by atoms with Crippen molar-refractivity contribution in [2.75, 3.05) is 34.0 Å². The first-order valence-electron chi connectivity index (χ1n) is 7.75. The van der Waals surface area contributed by atoms with Gasteiger partial charge in [0.2, 0.25) is 0 Å². The van der Waals surface area contributed by atoms with Crippen LogP contribution in [0.2, 0.25) is 0 Å². The van der Waals surface area contributed by atoms with Gasteiger partial charge < -0.3 is 19.5 Å². The van der Waals surface area contributed by atoms with Gasteiger partial charge in [-0.3, -0.25) is 9.69 Å². The van der Waals surface area contributed by atoms with Gasteiger partial charge in [-0.25, -0.2) is 0 Å². The first kappa shape index (κ1) is 18.2. The molecule has 6 nitrogen and oxygen atoms in total. The van der Waals surface area contributed by atoms with E-state index in [1.54, 1.807) is 31.3 Å². The number of thiocarbonyl (C=S) groups is 1. The smallest absolute Gasteiger partial charge is 0.276 e. The Bertz CT molecular complexity index is 645. The molecule has 24 heavy (non-hydrogen) atoms. The third kappa shape index (κ3) is 4.24. The van der Waals surface area contributed by atoms with Crippen molar-refractivity contribution in [2.45, 2.75) is 13.3 Å². The van der Waals surface area contributed by atoms with Gasteiger partial charge in [0.15, 0.2) is 5.11 Å². The number of carbonyl (C=O) groups is 1. The molecule has 0 bridgehead atoms. The number of nitrogens with one attached hydrogen (secondary N) is 1. The summed E-state index contributed by atoms with van der Waals surface area (Å²) in [5.74, 6) is 1.17. The molecule has 0 unspecified atom stereocenters. The van der Waals surface area contributed by atoms with Gasteiger partial charge in [-0.2, -0.15) is 0 Å². The lowest BCUT2D eigenvalue weighted by molar-refractivity contribution is -0.122. The van der Waals surface area contributed by atoms with Crippen molar-refractivity contribution in [1.82, 2.24) is 10.2 Å². The highest BCUT2D eigenvalue weighted by molar-refractivity contribution is 7.80. The third-order valence-electron chi connectivity index (χ3n) is 3.58. The number of ether oxygens (including phenoxy) is 3. The Morgan fingerprint density at radius 3 is 2.75 bits per heavy atom. The van der Waals surface area contributed by atoms with Crippen LogP contribution in [-0.4, -0.2) is 49.9 Å². The normalized spacial score (nSPS) is 15.8. The number of rotatable bonds is 8. The van der Waals surface area contributed by atoms with E-state index < -0.39 is 0 Å². The summed E-state index contributed by atoms with van der Waals surface area (Å²) in [4.78, 5) is 14.1. The summed E-state index contributed by atoms with van der Waals surface area (Å²) in [6.07, 6.45) is 2.47. The Labute approximate surface area is 147 Å². The molecule has 1 heterocycles. The summed E-state index contributed by atoms with van der Waals surface area (Å²) in [6, 6.07) is 5.41. The second-order valence-electron chi connectivity index (χ2n) is 5.10. The number of benzene rings is 1. The summed E-state index contributed by atoms with van der Waals surface area (Å²) in [5, 5.41) is 3.38. The van der Waals surface area contributed by atoms with Crippen molar-refractivity contribution in [3.8, 4) is 11.5 Å². The van der Waals surface area contributed by atoms with Crippen molar-refractivity contribution >= 4 is 29.3 Å². The quantitative estimate of drug-likeness (QED) is 0.441. The molecule has 0 aromatic heterocycles. The molecule has 2 rings (SSSR count). The Balaban J connectivity index is 2.13. The largest absolute Gasteiger partial charge is 0.497 e. The van der Waals surface area contributed by atoms with Crippen molar-refractivity contribution < 1.29 is 19.0 Å². The molecule has 1 aliphatic rings. The van der Waals surface area contributed by atoms with E-state index in [9.17, 15) is 4.79 Å². The molecule has 1 aromatic rings. The summed E-state index contributed by atoms with van der Waals surface area (Å²) < 4.78 is 15.8. The second-order valence-corrected chi connectivity index (χ2v) is 5.49. The number of methoxy groups -OCH3 is 2. The van der Waals surface area contributed by atoms with E-state index in [1.165, 1.54) is 0 Å². The lowest BCUT2D eigenvalue weighted by Crippen LogP contribution is -2.32. The topological polar surface area (TPSA) is 60.0 Å². The maximum absolute atomic E-state index is 12.5. The summed E-state index contributed by atoms with van der Waals surface area (Å²) in [7, 11) is 3.17. The van der Waals surface area contributed by atoms with Crippen molar-refractivity contribution in [2.24, 2.45) is 0 Å². The fourth-order valence-corrected chi connectivity index (χ4v) is 2.62. The van der Waals surface area contributed by atoms with Crippen LogP contribution in [0.1, 0.15) is 18.9 Å². The first-order valence-corrected chi connectivity index (χ1v) is 8.15. The van der Waals surface area contributed by atoms with Crippen molar-refractivity contribution in [1.29, 1.82) is 0 Å². The number of amides is 1. The predicted molar refractivity (Wildman–Crippen MR) is 96.1 cm³/mol. The maximum atomic E-state index is 12.5. The molecule has 0 spiro atoms. The van der Waals surface area contributed by atoms with Crippen LogP contribution in [0, 0.1) is 0 Å². The molecule has 130 valence electrons. The number of nitrogens with zero attached hydrogens (tertiary/aromatic N) is 1. The number of hydrogen-bond donors (Lipinski definition) is 1. The summed E-state index contributed by atoms with van der Waals surface area (Å²) in [6.45, 7) is 3.74. The zero-order valence-electron chi connectivity index (χ0n) is 14.1. The molecular weight excluding hydrogens is 328 g/mol. The molecule has 0 atom stereocenters. The molecule has 1 saturated heterocycles. The first-order chi connectivity index (χ1) is 11.6. The molecule has 1 fully saturated rings. The Hall–Kier alpha value is -2.12. The molecule has 0 aliphatic carbocycles. The average Bonchev–Trinajstić information content (AvgIpc) is 2.86. The Kier molecular flexibility index (Phi) is 6.57. The standard InChI is InChI=1S/C17H22N2O4S/c1-4-23-9-5-8-19-16(20)14(18-17(19)24)10-12-6-7-13(21-2)11-15(12)22-3/h6-7,10-11H,4-5,8-9H2,1-3H3,(H,18,24)/b14-10+. The van der Waals surface area contributed by atoms with Crippen LogP contribution in [-0.2, 0) is 9.53 Å². The highest BCUT2D eigenvalue weighted by atomic mass is 32.1. The van der Waals surface area contributed by atoms with Crippen molar-refractivity contribution in [3.05, 3.63) is 29.5 Å². The van der Waals surface area contributed by atoms with Gasteiger partial charge in [0.25, 0.3) is 5.91 Å². The molecule has 1 amide bonds. The number of carbonyl (C=O) groups excluding carboxylic acids is 1. The van der Waals surface area contributed by atoms with E-state index in [0.717, 1.165) is 12.0 Å².